The highest BCUT2D eigenvalue weighted by Crippen LogP contribution is 2.56. The molecule has 0 saturated carbocycles. The lowest BCUT2D eigenvalue weighted by Gasteiger charge is -2.38. The van der Waals surface area contributed by atoms with Crippen molar-refractivity contribution in [3.8, 4) is 11.4 Å². The third-order valence-electron chi connectivity index (χ3n) is 4.76. The van der Waals surface area contributed by atoms with Crippen LogP contribution >= 0.6 is 22.2 Å². The lowest BCUT2D eigenvalue weighted by atomic mass is 10.1. The molecular formula is C21H20ClN3O4S. The molecule has 4 N–H and O–H groups in total. The van der Waals surface area contributed by atoms with E-state index in [2.05, 4.69) is 15.3 Å². The van der Waals surface area contributed by atoms with E-state index in [9.17, 15) is 13.9 Å². The molecule has 0 aliphatic carbocycles. The smallest absolute Gasteiger partial charge is 0.307 e. The fourth-order valence-electron chi connectivity index (χ4n) is 3.41. The van der Waals surface area contributed by atoms with E-state index in [0.29, 0.717) is 51.3 Å². The van der Waals surface area contributed by atoms with Crippen molar-refractivity contribution in [2.45, 2.75) is 24.2 Å². The number of nitrogens with zero attached hydrogens (tertiary/aromatic N) is 2. The Labute approximate surface area is 180 Å². The van der Waals surface area contributed by atoms with Crippen molar-refractivity contribution in [3.05, 3.63) is 64.8 Å². The van der Waals surface area contributed by atoms with Crippen molar-refractivity contribution in [3.63, 3.8) is 0 Å². The molecule has 2 aromatic carbocycles. The number of rotatable bonds is 5. The van der Waals surface area contributed by atoms with Gasteiger partial charge in [-0.15, -0.1) is 0 Å². The van der Waals surface area contributed by atoms with Crippen molar-refractivity contribution < 1.29 is 19.0 Å². The van der Waals surface area contributed by atoms with E-state index in [1.165, 1.54) is 0 Å². The summed E-state index contributed by atoms with van der Waals surface area (Å²) in [7, 11) is -3.02. The second-order valence-electron chi connectivity index (χ2n) is 7.05. The molecule has 30 heavy (non-hydrogen) atoms. The zero-order valence-electron chi connectivity index (χ0n) is 15.9. The van der Waals surface area contributed by atoms with Gasteiger partial charge >= 0.3 is 5.97 Å². The number of benzene rings is 2. The number of fused-ring (bicyclic) bond motifs is 1. The molecule has 7 nitrogen and oxygen atoms in total. The predicted octanol–water partition coefficient (Wildman–Crippen LogP) is 5.22. The summed E-state index contributed by atoms with van der Waals surface area (Å²) in [5.74, 6) is 0.145. The molecular weight excluding hydrogens is 426 g/mol. The topological polar surface area (TPSA) is 116 Å². The van der Waals surface area contributed by atoms with Crippen LogP contribution in [0.2, 0.25) is 5.02 Å². The predicted molar refractivity (Wildman–Crippen MR) is 118 cm³/mol. The number of carboxylic acid groups (broad SMARTS) is 1. The van der Waals surface area contributed by atoms with Gasteiger partial charge in [0.25, 0.3) is 0 Å². The highest BCUT2D eigenvalue weighted by molar-refractivity contribution is 8.24. The molecule has 0 radical (unpaired) electrons. The molecule has 4 rings (SSSR count). The van der Waals surface area contributed by atoms with E-state index >= 15 is 0 Å². The summed E-state index contributed by atoms with van der Waals surface area (Å²) in [6, 6.07) is 14.1. The number of hydrogen-bond donors (Lipinski definition) is 4. The molecule has 0 unspecified atom stereocenters. The van der Waals surface area contributed by atoms with Gasteiger partial charge < -0.3 is 10.4 Å². The monoisotopic (exact) mass is 445 g/mol. The summed E-state index contributed by atoms with van der Waals surface area (Å²) in [6.45, 7) is 0. The Morgan fingerprint density at radius 2 is 1.90 bits per heavy atom. The van der Waals surface area contributed by atoms with Gasteiger partial charge in [-0.2, -0.15) is 10.6 Å². The molecule has 1 aliphatic heterocycles. The number of anilines is 2. The number of hydrogen-bond acceptors (Lipinski definition) is 6. The Kier molecular flexibility index (Phi) is 5.66. The maximum atomic E-state index is 10.9. The largest absolute Gasteiger partial charge is 0.481 e. The minimum absolute atomic E-state index is 0.0668. The van der Waals surface area contributed by atoms with Crippen LogP contribution in [-0.2, 0) is 17.6 Å². The van der Waals surface area contributed by atoms with Crippen LogP contribution in [0.1, 0.15) is 17.7 Å². The molecule has 2 heterocycles. The van der Waals surface area contributed by atoms with Gasteiger partial charge in [0.05, 0.1) is 12.1 Å². The number of halogens is 1. The number of nitrogens with one attached hydrogen (secondary N) is 1. The van der Waals surface area contributed by atoms with Gasteiger partial charge in [0, 0.05) is 22.0 Å². The van der Waals surface area contributed by atoms with E-state index in [-0.39, 0.29) is 12.2 Å². The van der Waals surface area contributed by atoms with Crippen LogP contribution < -0.4 is 5.32 Å². The summed E-state index contributed by atoms with van der Waals surface area (Å²) in [6.07, 6.45) is 1.18. The Balaban J connectivity index is 1.77. The summed E-state index contributed by atoms with van der Waals surface area (Å²) < 4.78 is 21.3. The molecule has 0 atom stereocenters. The van der Waals surface area contributed by atoms with Crippen LogP contribution in [0.4, 0.5) is 11.5 Å². The van der Waals surface area contributed by atoms with Gasteiger partial charge in [-0.1, -0.05) is 35.9 Å². The molecule has 0 amide bonds. The molecule has 1 aliphatic rings. The van der Waals surface area contributed by atoms with Gasteiger partial charge in [-0.25, -0.2) is 9.97 Å². The van der Waals surface area contributed by atoms with Crippen LogP contribution in [0, 0.1) is 0 Å². The average Bonchev–Trinajstić information content (AvgIpc) is 2.68. The van der Waals surface area contributed by atoms with Crippen molar-refractivity contribution in [1.82, 2.24) is 9.97 Å². The minimum Gasteiger partial charge on any atom is -0.481 e. The minimum atomic E-state index is -3.02. The Morgan fingerprint density at radius 1 is 1.13 bits per heavy atom. The first-order valence-corrected chi connectivity index (χ1v) is 11.4. The highest BCUT2D eigenvalue weighted by atomic mass is 35.5. The fourth-order valence-corrected chi connectivity index (χ4v) is 5.28. The highest BCUT2D eigenvalue weighted by Gasteiger charge is 2.30. The number of aryl methyl sites for hydroxylation is 1. The number of aliphatic carboxylic acids is 1. The number of carbonyl (C=O) groups is 1. The van der Waals surface area contributed by atoms with Gasteiger partial charge in [0.2, 0.25) is 0 Å². The van der Waals surface area contributed by atoms with E-state index in [0.717, 1.165) is 5.56 Å². The molecule has 0 saturated heterocycles. The van der Waals surface area contributed by atoms with Gasteiger partial charge in [-0.05, 0) is 42.7 Å². The zero-order valence-corrected chi connectivity index (χ0v) is 17.5. The summed E-state index contributed by atoms with van der Waals surface area (Å²) >= 11 is 6.11. The van der Waals surface area contributed by atoms with Gasteiger partial charge in [-0.3, -0.25) is 13.9 Å². The normalized spacial score (nSPS) is 15.8. The van der Waals surface area contributed by atoms with Crippen molar-refractivity contribution in [1.29, 1.82) is 0 Å². The molecule has 0 fully saturated rings. The van der Waals surface area contributed by atoms with E-state index < -0.39 is 16.6 Å². The maximum Gasteiger partial charge on any atom is 0.307 e. The quantitative estimate of drug-likeness (QED) is 0.425. The van der Waals surface area contributed by atoms with Crippen LogP contribution in [0.5, 0.6) is 0 Å². The van der Waals surface area contributed by atoms with Crippen molar-refractivity contribution in [2.75, 3.05) is 11.1 Å². The lowest BCUT2D eigenvalue weighted by molar-refractivity contribution is -0.136. The van der Waals surface area contributed by atoms with Crippen molar-refractivity contribution in [2.24, 2.45) is 0 Å². The lowest BCUT2D eigenvalue weighted by Crippen LogP contribution is -2.18. The molecule has 3 aromatic rings. The molecule has 156 valence electrons. The number of aromatic nitrogens is 2. The Bertz CT molecular complexity index is 1110. The van der Waals surface area contributed by atoms with Crippen LogP contribution in [0.15, 0.2) is 53.4 Å². The van der Waals surface area contributed by atoms with Gasteiger partial charge in [0.15, 0.2) is 11.6 Å². The van der Waals surface area contributed by atoms with E-state index in [1.54, 1.807) is 36.4 Å². The SMILES string of the molecule is O=C(O)Cc1ccc(Nc2nc(-c3cccc(Cl)c3)nc3c2S(O)(O)CCC3)cc1. The maximum absolute atomic E-state index is 10.9. The molecule has 1 aromatic heterocycles. The summed E-state index contributed by atoms with van der Waals surface area (Å²) in [4.78, 5) is 20.4. The zero-order chi connectivity index (χ0) is 21.3. The molecule has 0 bridgehead atoms. The first kappa shape index (κ1) is 20.6. The van der Waals surface area contributed by atoms with Crippen LogP contribution in [-0.4, -0.2) is 35.9 Å². The average molecular weight is 446 g/mol. The van der Waals surface area contributed by atoms with Crippen LogP contribution in [0.3, 0.4) is 0 Å². The second kappa shape index (κ2) is 8.23. The summed E-state index contributed by atoms with van der Waals surface area (Å²) in [5.41, 5.74) is 2.66. The van der Waals surface area contributed by atoms with E-state index in [4.69, 9.17) is 16.7 Å². The van der Waals surface area contributed by atoms with Crippen LogP contribution in [0.25, 0.3) is 11.4 Å². The third-order valence-corrected chi connectivity index (χ3v) is 6.94. The number of carboxylic acids is 1. The summed E-state index contributed by atoms with van der Waals surface area (Å²) in [5, 5.41) is 12.6. The standard InChI is InChI=1S/C21H20ClN3O4S/c22-15-4-1-3-14(12-15)20-24-17-5-2-10-30(28,29)19(17)21(25-20)23-16-8-6-13(7-9-16)11-18(26)27/h1,3-4,6-9,12,28-29H,2,5,10-11H2,(H,26,27)(H,23,24,25). The first-order chi connectivity index (χ1) is 14.3. The van der Waals surface area contributed by atoms with Crippen molar-refractivity contribution >= 4 is 39.7 Å². The second-order valence-corrected chi connectivity index (χ2v) is 9.64. The molecule has 0 spiro atoms. The molecule has 9 heteroatoms. The first-order valence-electron chi connectivity index (χ1n) is 9.32. The van der Waals surface area contributed by atoms with Gasteiger partial charge in [0.1, 0.15) is 4.90 Å². The van der Waals surface area contributed by atoms with E-state index in [1.807, 2.05) is 12.1 Å². The third kappa shape index (κ3) is 4.41. The Hall–Kier alpha value is -2.65. The fraction of sp³-hybridized carbons (Fsp3) is 0.190. The Morgan fingerprint density at radius 3 is 2.60 bits per heavy atom.